The highest BCUT2D eigenvalue weighted by atomic mass is 16.4. The van der Waals surface area contributed by atoms with Crippen LogP contribution >= 0.6 is 0 Å². The highest BCUT2D eigenvalue weighted by molar-refractivity contribution is 5.78. The molecule has 2 N–H and O–H groups in total. The predicted octanol–water partition coefficient (Wildman–Crippen LogP) is 1.40. The van der Waals surface area contributed by atoms with Crippen LogP contribution in [-0.4, -0.2) is 21.0 Å². The summed E-state index contributed by atoms with van der Waals surface area (Å²) >= 11 is 0. The van der Waals surface area contributed by atoms with Crippen LogP contribution in [0, 0.1) is 0 Å². The minimum absolute atomic E-state index is 0.826. The number of rotatable bonds is 3. The molecule has 0 saturated heterocycles. The lowest BCUT2D eigenvalue weighted by Gasteiger charge is -1.82. The van der Waals surface area contributed by atoms with Gasteiger partial charge in [-0.25, -0.2) is 9.78 Å². The van der Waals surface area contributed by atoms with Crippen molar-refractivity contribution in [2.24, 2.45) is 0 Å². The molecule has 0 bridgehead atoms. The van der Waals surface area contributed by atoms with Gasteiger partial charge < -0.3 is 10.1 Å². The Kier molecular flexibility index (Phi) is 5.88. The minimum atomic E-state index is -0.981. The zero-order chi connectivity index (χ0) is 10.1. The van der Waals surface area contributed by atoms with E-state index in [1.807, 2.05) is 6.08 Å². The molecule has 0 amide bonds. The van der Waals surface area contributed by atoms with Gasteiger partial charge in [0.25, 0.3) is 0 Å². The van der Waals surface area contributed by atoms with Crippen LogP contribution in [0.3, 0.4) is 0 Å². The number of nitrogens with one attached hydrogen (secondary N) is 1. The molecule has 4 heteroatoms. The largest absolute Gasteiger partial charge is 0.478 e. The Morgan fingerprint density at radius 3 is 2.62 bits per heavy atom. The molecule has 0 radical (unpaired) electrons. The zero-order valence-electron chi connectivity index (χ0n) is 7.23. The smallest absolute Gasteiger partial charge is 0.327 e. The van der Waals surface area contributed by atoms with E-state index in [9.17, 15) is 4.79 Å². The summed E-state index contributed by atoms with van der Waals surface area (Å²) in [5.74, 6) is -0.00926. The Labute approximate surface area is 76.6 Å². The average Bonchev–Trinajstić information content (AvgIpc) is 2.59. The molecule has 4 nitrogen and oxygen atoms in total. The van der Waals surface area contributed by atoms with Gasteiger partial charge in [-0.1, -0.05) is 12.7 Å². The second-order valence-corrected chi connectivity index (χ2v) is 2.07. The van der Waals surface area contributed by atoms with Crippen LogP contribution in [0.15, 0.2) is 37.7 Å². The molecular weight excluding hydrogens is 168 g/mol. The Morgan fingerprint density at radius 1 is 1.69 bits per heavy atom. The quantitative estimate of drug-likeness (QED) is 0.545. The summed E-state index contributed by atoms with van der Waals surface area (Å²) in [6.07, 6.45) is 7.02. The molecule has 1 rings (SSSR count). The van der Waals surface area contributed by atoms with Crippen molar-refractivity contribution in [1.29, 1.82) is 0 Å². The second kappa shape index (κ2) is 6.84. The van der Waals surface area contributed by atoms with Crippen molar-refractivity contribution in [1.82, 2.24) is 9.97 Å². The van der Waals surface area contributed by atoms with Gasteiger partial charge >= 0.3 is 5.97 Å². The molecule has 0 aliphatic heterocycles. The fraction of sp³-hybridized carbons (Fsp3) is 0.111. The van der Waals surface area contributed by atoms with E-state index in [0.29, 0.717) is 0 Å². The van der Waals surface area contributed by atoms with Crippen molar-refractivity contribution in [3.8, 4) is 0 Å². The number of H-pyrrole nitrogens is 1. The van der Waals surface area contributed by atoms with Crippen molar-refractivity contribution >= 4 is 5.97 Å². The van der Waals surface area contributed by atoms with Crippen LogP contribution in [0.1, 0.15) is 5.82 Å². The zero-order valence-corrected chi connectivity index (χ0v) is 7.23. The van der Waals surface area contributed by atoms with Gasteiger partial charge in [0.1, 0.15) is 5.82 Å². The number of aromatic amines is 1. The highest BCUT2D eigenvalue weighted by Crippen LogP contribution is 1.88. The third-order valence-electron chi connectivity index (χ3n) is 1.07. The monoisotopic (exact) mass is 180 g/mol. The summed E-state index contributed by atoms with van der Waals surface area (Å²) in [6, 6.07) is 0. The first-order chi connectivity index (χ1) is 6.20. The summed E-state index contributed by atoms with van der Waals surface area (Å²) in [6.45, 7) is 6.54. The molecule has 0 aliphatic rings. The SMILES string of the molecule is C=CC(=O)O.C=CCc1ncc[nH]1. The standard InChI is InChI=1S/C6H8N2.C3H4O2/c1-2-3-6-7-4-5-8-6;1-2-3(4)5/h2,4-5H,1,3H2,(H,7,8);2H,1H2,(H,4,5). The third kappa shape index (κ3) is 6.55. The third-order valence-corrected chi connectivity index (χ3v) is 1.07. The first-order valence-electron chi connectivity index (χ1n) is 3.65. The molecule has 0 aliphatic carbocycles. The Hall–Kier alpha value is -1.84. The van der Waals surface area contributed by atoms with Crippen LogP contribution in [-0.2, 0) is 11.2 Å². The average molecular weight is 180 g/mol. The van der Waals surface area contributed by atoms with Gasteiger partial charge in [-0.05, 0) is 0 Å². The predicted molar refractivity (Wildman–Crippen MR) is 50.3 cm³/mol. The highest BCUT2D eigenvalue weighted by Gasteiger charge is 1.85. The minimum Gasteiger partial charge on any atom is -0.478 e. The number of carbonyl (C=O) groups is 1. The number of nitrogens with zero attached hydrogens (tertiary/aromatic N) is 1. The molecular formula is C9H12N2O2. The molecule has 0 fully saturated rings. The maximum Gasteiger partial charge on any atom is 0.327 e. The first kappa shape index (κ1) is 11.2. The van der Waals surface area contributed by atoms with Gasteiger partial charge in [0.05, 0.1) is 0 Å². The molecule has 0 unspecified atom stereocenters. The Balaban J connectivity index is 0.000000252. The normalized spacial score (nSPS) is 8.00. The maximum absolute atomic E-state index is 9.25. The number of carboxylic acid groups (broad SMARTS) is 1. The first-order valence-corrected chi connectivity index (χ1v) is 3.65. The number of allylic oxidation sites excluding steroid dienone is 1. The molecule has 1 heterocycles. The molecule has 70 valence electrons. The van der Waals surface area contributed by atoms with E-state index >= 15 is 0 Å². The van der Waals surface area contributed by atoms with Gasteiger partial charge in [0, 0.05) is 24.9 Å². The lowest BCUT2D eigenvalue weighted by Crippen LogP contribution is -1.82. The van der Waals surface area contributed by atoms with Gasteiger partial charge in [-0.2, -0.15) is 0 Å². The molecule has 13 heavy (non-hydrogen) atoms. The van der Waals surface area contributed by atoms with Crippen LogP contribution in [0.5, 0.6) is 0 Å². The second-order valence-electron chi connectivity index (χ2n) is 2.07. The van der Waals surface area contributed by atoms with Crippen molar-refractivity contribution in [3.05, 3.63) is 43.5 Å². The molecule has 1 aromatic rings. The summed E-state index contributed by atoms with van der Waals surface area (Å²) in [5, 5.41) is 7.60. The number of hydrogen-bond acceptors (Lipinski definition) is 2. The molecule has 0 atom stereocenters. The van der Waals surface area contributed by atoms with E-state index in [4.69, 9.17) is 5.11 Å². The fourth-order valence-electron chi connectivity index (χ4n) is 0.546. The number of imidazole rings is 1. The molecule has 0 aromatic carbocycles. The van der Waals surface area contributed by atoms with Gasteiger partial charge in [0.15, 0.2) is 0 Å². The summed E-state index contributed by atoms with van der Waals surface area (Å²) < 4.78 is 0. The van der Waals surface area contributed by atoms with E-state index in [1.54, 1.807) is 12.4 Å². The number of aliphatic carboxylic acids is 1. The van der Waals surface area contributed by atoms with Crippen molar-refractivity contribution < 1.29 is 9.90 Å². The summed E-state index contributed by atoms with van der Waals surface area (Å²) in [5.41, 5.74) is 0. The molecule has 0 saturated carbocycles. The van der Waals surface area contributed by atoms with E-state index in [0.717, 1.165) is 18.3 Å². The van der Waals surface area contributed by atoms with Crippen molar-refractivity contribution in [2.75, 3.05) is 0 Å². The summed E-state index contributed by atoms with van der Waals surface area (Å²) in [7, 11) is 0. The van der Waals surface area contributed by atoms with E-state index in [2.05, 4.69) is 23.1 Å². The van der Waals surface area contributed by atoms with Crippen LogP contribution in [0.4, 0.5) is 0 Å². The topological polar surface area (TPSA) is 66.0 Å². The lowest BCUT2D eigenvalue weighted by molar-refractivity contribution is -0.131. The van der Waals surface area contributed by atoms with Crippen LogP contribution < -0.4 is 0 Å². The maximum atomic E-state index is 9.25. The van der Waals surface area contributed by atoms with E-state index in [1.165, 1.54) is 0 Å². The Morgan fingerprint density at radius 2 is 2.31 bits per heavy atom. The summed E-state index contributed by atoms with van der Waals surface area (Å²) in [4.78, 5) is 16.2. The lowest BCUT2D eigenvalue weighted by atomic mass is 10.4. The van der Waals surface area contributed by atoms with Crippen molar-refractivity contribution in [3.63, 3.8) is 0 Å². The van der Waals surface area contributed by atoms with E-state index < -0.39 is 5.97 Å². The van der Waals surface area contributed by atoms with E-state index in [-0.39, 0.29) is 0 Å². The number of aromatic nitrogens is 2. The fourth-order valence-corrected chi connectivity index (χ4v) is 0.546. The molecule has 0 spiro atoms. The number of hydrogen-bond donors (Lipinski definition) is 2. The van der Waals surface area contributed by atoms with Gasteiger partial charge in [-0.15, -0.1) is 6.58 Å². The molecule has 1 aromatic heterocycles. The van der Waals surface area contributed by atoms with Gasteiger partial charge in [0.2, 0.25) is 0 Å². The Bertz CT molecular complexity index is 265. The van der Waals surface area contributed by atoms with Crippen LogP contribution in [0.2, 0.25) is 0 Å². The van der Waals surface area contributed by atoms with Crippen molar-refractivity contribution in [2.45, 2.75) is 6.42 Å². The van der Waals surface area contributed by atoms with Gasteiger partial charge in [-0.3, -0.25) is 0 Å². The number of carboxylic acids is 1. The van der Waals surface area contributed by atoms with Crippen LogP contribution in [0.25, 0.3) is 0 Å².